The van der Waals surface area contributed by atoms with E-state index in [0.29, 0.717) is 5.56 Å². The topological polar surface area (TPSA) is 72.8 Å². The van der Waals surface area contributed by atoms with Gasteiger partial charge in [-0.15, -0.1) is 0 Å². The third kappa shape index (κ3) is 3.86. The second-order valence-electron chi connectivity index (χ2n) is 3.08. The van der Waals surface area contributed by atoms with Gasteiger partial charge in [0.25, 0.3) is 0 Å². The van der Waals surface area contributed by atoms with Crippen molar-refractivity contribution in [1.29, 1.82) is 0 Å². The summed E-state index contributed by atoms with van der Waals surface area (Å²) in [5, 5.41) is 18.7. The van der Waals surface area contributed by atoms with Crippen molar-refractivity contribution < 1.29 is 19.1 Å². The molecule has 0 bridgehead atoms. The molecule has 0 fully saturated rings. The Balaban J connectivity index is 2.80. The van der Waals surface area contributed by atoms with Crippen molar-refractivity contribution in [1.82, 2.24) is 0 Å². The summed E-state index contributed by atoms with van der Waals surface area (Å²) in [5.74, 6) is -2.06. The number of hydrogen-bond donors (Lipinski definition) is 1. The maximum atomic E-state index is 13.2. The van der Waals surface area contributed by atoms with E-state index in [0.717, 1.165) is 6.08 Å². The molecule has 0 spiro atoms. The van der Waals surface area contributed by atoms with Crippen LogP contribution in [0.5, 0.6) is 0 Å². The van der Waals surface area contributed by atoms with Crippen LogP contribution in [0.1, 0.15) is 12.5 Å². The van der Waals surface area contributed by atoms with Gasteiger partial charge in [0.15, 0.2) is 0 Å². The smallest absolute Gasteiger partial charge is 0.367 e. The predicted molar refractivity (Wildman–Crippen MR) is 59.8 cm³/mol. The van der Waals surface area contributed by atoms with Crippen molar-refractivity contribution in [2.24, 2.45) is 0 Å². The molecule has 6 heteroatoms. The molecule has 1 aromatic carbocycles. The van der Waals surface area contributed by atoms with E-state index in [1.165, 1.54) is 24.3 Å². The molecular weight excluding hydrogens is 229 g/mol. The lowest BCUT2D eigenvalue weighted by Crippen LogP contribution is -2.06. The van der Waals surface area contributed by atoms with Gasteiger partial charge in [0.1, 0.15) is 0 Å². The number of hydrogen-bond acceptors (Lipinski definition) is 5. The SMILES string of the molecule is CCOC(=O)/C(F)=C/c1ccc(N([O-])O)cc1. The van der Waals surface area contributed by atoms with E-state index in [9.17, 15) is 14.4 Å². The van der Waals surface area contributed by atoms with Gasteiger partial charge in [-0.25, -0.2) is 4.79 Å². The van der Waals surface area contributed by atoms with Gasteiger partial charge in [-0.3, -0.25) is 5.21 Å². The largest absolute Gasteiger partial charge is 0.733 e. The highest BCUT2D eigenvalue weighted by atomic mass is 19.1. The molecule has 0 aliphatic carbocycles. The first-order chi connectivity index (χ1) is 8.04. The fourth-order valence-electron chi connectivity index (χ4n) is 1.10. The minimum absolute atomic E-state index is 0.0127. The lowest BCUT2D eigenvalue weighted by molar-refractivity contribution is -0.140. The molecule has 0 amide bonds. The second kappa shape index (κ2) is 5.97. The van der Waals surface area contributed by atoms with Gasteiger partial charge in [0.2, 0.25) is 5.83 Å². The highest BCUT2D eigenvalue weighted by Gasteiger charge is 2.08. The lowest BCUT2D eigenvalue weighted by Gasteiger charge is -2.21. The highest BCUT2D eigenvalue weighted by molar-refractivity contribution is 5.91. The van der Waals surface area contributed by atoms with Crippen LogP contribution in [-0.4, -0.2) is 17.8 Å². The molecule has 0 aliphatic heterocycles. The third-order valence-electron chi connectivity index (χ3n) is 1.88. The van der Waals surface area contributed by atoms with E-state index >= 15 is 0 Å². The fraction of sp³-hybridized carbons (Fsp3) is 0.182. The normalized spacial score (nSPS) is 11.2. The van der Waals surface area contributed by atoms with Crippen LogP contribution >= 0.6 is 0 Å². The quantitative estimate of drug-likeness (QED) is 0.496. The zero-order chi connectivity index (χ0) is 12.8. The summed E-state index contributed by atoms with van der Waals surface area (Å²) in [4.78, 5) is 11.0. The van der Waals surface area contributed by atoms with Gasteiger partial charge in [-0.2, -0.15) is 4.39 Å². The monoisotopic (exact) mass is 240 g/mol. The molecule has 0 saturated heterocycles. The molecule has 17 heavy (non-hydrogen) atoms. The van der Waals surface area contributed by atoms with Crippen LogP contribution in [-0.2, 0) is 9.53 Å². The van der Waals surface area contributed by atoms with Gasteiger partial charge < -0.3 is 15.2 Å². The van der Waals surface area contributed by atoms with Gasteiger partial charge in [0, 0.05) is 0 Å². The van der Waals surface area contributed by atoms with Crippen LogP contribution in [0.4, 0.5) is 10.1 Å². The molecule has 1 rings (SSSR count). The summed E-state index contributed by atoms with van der Waals surface area (Å²) in [7, 11) is 0. The minimum Gasteiger partial charge on any atom is -0.733 e. The summed E-state index contributed by atoms with van der Waals surface area (Å²) in [6.45, 7) is 1.67. The molecule has 0 aliphatic rings. The van der Waals surface area contributed by atoms with Gasteiger partial charge in [-0.05, 0) is 30.7 Å². The Morgan fingerprint density at radius 1 is 1.53 bits per heavy atom. The second-order valence-corrected chi connectivity index (χ2v) is 3.08. The Morgan fingerprint density at radius 2 is 2.12 bits per heavy atom. The van der Waals surface area contributed by atoms with Crippen LogP contribution in [0, 0.1) is 5.21 Å². The molecule has 0 saturated carbocycles. The van der Waals surface area contributed by atoms with Crippen LogP contribution in [0.25, 0.3) is 6.08 Å². The van der Waals surface area contributed by atoms with Gasteiger partial charge in [0.05, 0.1) is 12.3 Å². The minimum atomic E-state index is -1.04. The number of nitrogens with zero attached hydrogens (tertiary/aromatic N) is 1. The van der Waals surface area contributed by atoms with Crippen molar-refractivity contribution in [3.05, 3.63) is 40.9 Å². The standard InChI is InChI=1S/C11H11FNO4/c1-2-17-11(14)10(12)7-8-3-5-9(6-4-8)13(15)16/h3-7,15H,2H2,1H3/q-1/b10-7-. The number of ether oxygens (including phenoxy) is 1. The molecule has 1 aromatic rings. The first-order valence-electron chi connectivity index (χ1n) is 4.85. The van der Waals surface area contributed by atoms with Crippen molar-refractivity contribution >= 4 is 17.7 Å². The maximum Gasteiger partial charge on any atom is 0.367 e. The number of esters is 1. The molecule has 0 heterocycles. The average molecular weight is 240 g/mol. The van der Waals surface area contributed by atoms with Crippen LogP contribution in [0.15, 0.2) is 30.1 Å². The molecule has 1 N–H and O–H groups in total. The fourth-order valence-corrected chi connectivity index (χ4v) is 1.10. The summed E-state index contributed by atoms with van der Waals surface area (Å²) < 4.78 is 17.7. The van der Waals surface area contributed by atoms with Gasteiger partial charge in [-0.1, -0.05) is 12.1 Å². The Morgan fingerprint density at radius 3 is 2.59 bits per heavy atom. The molecule has 0 unspecified atom stereocenters. The maximum absolute atomic E-state index is 13.2. The van der Waals surface area contributed by atoms with Crippen molar-refractivity contribution in [2.75, 3.05) is 11.8 Å². The average Bonchev–Trinajstić information content (AvgIpc) is 2.30. The Hall–Kier alpha value is -1.92. The zero-order valence-corrected chi connectivity index (χ0v) is 9.09. The third-order valence-corrected chi connectivity index (χ3v) is 1.88. The summed E-state index contributed by atoms with van der Waals surface area (Å²) in [6.07, 6.45) is 0.980. The zero-order valence-electron chi connectivity index (χ0n) is 9.09. The number of halogens is 1. The molecule has 0 radical (unpaired) electrons. The van der Waals surface area contributed by atoms with Crippen molar-refractivity contribution in [3.63, 3.8) is 0 Å². The van der Waals surface area contributed by atoms with E-state index in [1.54, 1.807) is 6.92 Å². The number of anilines is 1. The van der Waals surface area contributed by atoms with Crippen molar-refractivity contribution in [3.8, 4) is 0 Å². The highest BCUT2D eigenvalue weighted by Crippen LogP contribution is 2.15. The number of carbonyl (C=O) groups excluding carboxylic acids is 1. The van der Waals surface area contributed by atoms with Crippen molar-refractivity contribution in [2.45, 2.75) is 6.92 Å². The Labute approximate surface area is 97.3 Å². The Bertz CT molecular complexity index is 414. The number of rotatable bonds is 4. The number of carbonyl (C=O) groups is 1. The van der Waals surface area contributed by atoms with E-state index in [-0.39, 0.29) is 17.5 Å². The lowest BCUT2D eigenvalue weighted by atomic mass is 10.2. The van der Waals surface area contributed by atoms with Gasteiger partial charge >= 0.3 is 5.97 Å². The first-order valence-corrected chi connectivity index (χ1v) is 4.85. The molecule has 92 valence electrons. The first kappa shape index (κ1) is 13.1. The summed E-state index contributed by atoms with van der Waals surface area (Å²) in [6, 6.07) is 5.35. The van der Waals surface area contributed by atoms with E-state index < -0.39 is 11.8 Å². The summed E-state index contributed by atoms with van der Waals surface area (Å²) >= 11 is 0. The molecule has 0 atom stereocenters. The summed E-state index contributed by atoms with van der Waals surface area (Å²) in [5.41, 5.74) is 0.389. The Kier molecular flexibility index (Phi) is 4.62. The molecule has 5 nitrogen and oxygen atoms in total. The number of benzene rings is 1. The molecule has 0 aromatic heterocycles. The van der Waals surface area contributed by atoms with Crippen LogP contribution in [0.3, 0.4) is 0 Å². The molecular formula is C11H11FNO4-. The van der Waals surface area contributed by atoms with E-state index in [2.05, 4.69) is 4.74 Å². The van der Waals surface area contributed by atoms with E-state index in [1.807, 2.05) is 0 Å². The van der Waals surface area contributed by atoms with Crippen LogP contribution < -0.4 is 5.23 Å². The van der Waals surface area contributed by atoms with Crippen LogP contribution in [0.2, 0.25) is 0 Å². The van der Waals surface area contributed by atoms with E-state index in [4.69, 9.17) is 5.21 Å². The predicted octanol–water partition coefficient (Wildman–Crippen LogP) is 2.25.